The van der Waals surface area contributed by atoms with Crippen molar-refractivity contribution in [3.05, 3.63) is 53.6 Å². The van der Waals surface area contributed by atoms with E-state index in [9.17, 15) is 22.8 Å². The lowest BCUT2D eigenvalue weighted by Gasteiger charge is -2.34. The number of hydrogen-bond acceptors (Lipinski definition) is 6. The van der Waals surface area contributed by atoms with Crippen molar-refractivity contribution < 1.29 is 22.8 Å². The molecule has 32 heavy (non-hydrogen) atoms. The molecule has 3 aromatic rings. The van der Waals surface area contributed by atoms with Gasteiger partial charge < -0.3 is 9.80 Å². The number of rotatable bonds is 4. The highest BCUT2D eigenvalue weighted by Gasteiger charge is 2.42. The molecule has 0 N–H and O–H groups in total. The quantitative estimate of drug-likeness (QED) is 0.594. The van der Waals surface area contributed by atoms with Crippen molar-refractivity contribution in [1.82, 2.24) is 39.8 Å². The predicted octanol–water partition coefficient (Wildman–Crippen LogP) is 1.17. The number of aromatic nitrogens is 6. The van der Waals surface area contributed by atoms with Gasteiger partial charge in [-0.2, -0.15) is 18.3 Å². The summed E-state index contributed by atoms with van der Waals surface area (Å²) >= 11 is 0. The van der Waals surface area contributed by atoms with E-state index < -0.39 is 23.3 Å². The number of piperazine rings is 1. The molecule has 1 fully saturated rings. The van der Waals surface area contributed by atoms with Gasteiger partial charge in [-0.1, -0.05) is 18.2 Å². The van der Waals surface area contributed by atoms with Gasteiger partial charge in [0, 0.05) is 26.2 Å². The van der Waals surface area contributed by atoms with Gasteiger partial charge in [-0.15, -0.1) is 5.10 Å². The highest BCUT2D eigenvalue weighted by atomic mass is 19.4. The fraction of sp³-hybridized carbons (Fsp3) is 0.368. The summed E-state index contributed by atoms with van der Waals surface area (Å²) in [4.78, 5) is 28.1. The first-order chi connectivity index (χ1) is 15.3. The Labute approximate surface area is 180 Å². The van der Waals surface area contributed by atoms with E-state index in [0.29, 0.717) is 5.56 Å². The molecule has 0 bridgehead atoms. The lowest BCUT2D eigenvalue weighted by molar-refractivity contribution is -0.143. The SMILES string of the molecule is Cc1ccccc1-n1ncc(C(=O)N2CCN(C(=O)Cn3cnnn3)CC2)c1C(F)(F)F. The largest absolute Gasteiger partial charge is 0.434 e. The van der Waals surface area contributed by atoms with E-state index in [4.69, 9.17) is 0 Å². The molecule has 3 heterocycles. The van der Waals surface area contributed by atoms with Crippen LogP contribution in [0.5, 0.6) is 0 Å². The number of aryl methyl sites for hydroxylation is 1. The minimum atomic E-state index is -4.78. The molecule has 0 atom stereocenters. The number of hydrogen-bond donors (Lipinski definition) is 0. The number of benzene rings is 1. The Morgan fingerprint density at radius 3 is 2.38 bits per heavy atom. The van der Waals surface area contributed by atoms with Crippen molar-refractivity contribution in [3.8, 4) is 5.69 Å². The molecule has 1 aromatic carbocycles. The first-order valence-electron chi connectivity index (χ1n) is 9.74. The van der Waals surface area contributed by atoms with Crippen molar-refractivity contribution in [3.63, 3.8) is 0 Å². The van der Waals surface area contributed by atoms with Crippen LogP contribution >= 0.6 is 0 Å². The van der Waals surface area contributed by atoms with Crippen LogP contribution < -0.4 is 0 Å². The molecule has 0 spiro atoms. The summed E-state index contributed by atoms with van der Waals surface area (Å²) in [6, 6.07) is 6.50. The third kappa shape index (κ3) is 4.18. The van der Waals surface area contributed by atoms with Crippen LogP contribution in [-0.2, 0) is 17.5 Å². The van der Waals surface area contributed by atoms with E-state index in [1.807, 2.05) is 0 Å². The number of halogens is 3. The number of carbonyl (C=O) groups excluding carboxylic acids is 2. The number of carbonyl (C=O) groups is 2. The highest BCUT2D eigenvalue weighted by Crippen LogP contribution is 2.34. The second-order valence-corrected chi connectivity index (χ2v) is 7.28. The lowest BCUT2D eigenvalue weighted by atomic mass is 10.1. The lowest BCUT2D eigenvalue weighted by Crippen LogP contribution is -2.51. The van der Waals surface area contributed by atoms with Crippen LogP contribution in [0, 0.1) is 6.92 Å². The number of amides is 2. The molecule has 10 nitrogen and oxygen atoms in total. The first kappa shape index (κ1) is 21.5. The molecule has 0 unspecified atom stereocenters. The van der Waals surface area contributed by atoms with Crippen molar-refractivity contribution >= 4 is 11.8 Å². The second-order valence-electron chi connectivity index (χ2n) is 7.28. The molecule has 0 radical (unpaired) electrons. The monoisotopic (exact) mass is 448 g/mol. The molecule has 4 rings (SSSR count). The van der Waals surface area contributed by atoms with Crippen molar-refractivity contribution in [2.24, 2.45) is 0 Å². The fourth-order valence-corrected chi connectivity index (χ4v) is 3.58. The maximum atomic E-state index is 13.9. The van der Waals surface area contributed by atoms with Gasteiger partial charge in [-0.3, -0.25) is 9.59 Å². The molecule has 1 aliphatic rings. The van der Waals surface area contributed by atoms with Crippen molar-refractivity contribution in [2.75, 3.05) is 26.2 Å². The van der Waals surface area contributed by atoms with E-state index in [1.54, 1.807) is 25.1 Å². The molecule has 2 aromatic heterocycles. The average Bonchev–Trinajstić information content (AvgIpc) is 3.43. The van der Waals surface area contributed by atoms with Crippen molar-refractivity contribution in [2.45, 2.75) is 19.6 Å². The second kappa shape index (κ2) is 8.40. The van der Waals surface area contributed by atoms with Crippen LogP contribution in [0.15, 0.2) is 36.8 Å². The predicted molar refractivity (Wildman–Crippen MR) is 104 cm³/mol. The summed E-state index contributed by atoms with van der Waals surface area (Å²) in [7, 11) is 0. The molecule has 168 valence electrons. The Hall–Kier alpha value is -3.77. The van der Waals surface area contributed by atoms with Crippen LogP contribution in [0.2, 0.25) is 0 Å². The Morgan fingerprint density at radius 2 is 1.75 bits per heavy atom. The molecular weight excluding hydrogens is 429 g/mol. The summed E-state index contributed by atoms with van der Waals surface area (Å²) in [5, 5.41) is 14.4. The Morgan fingerprint density at radius 1 is 1.06 bits per heavy atom. The number of para-hydroxylation sites is 1. The van der Waals surface area contributed by atoms with E-state index in [0.717, 1.165) is 10.9 Å². The van der Waals surface area contributed by atoms with Gasteiger partial charge in [0.15, 0.2) is 5.69 Å². The van der Waals surface area contributed by atoms with Crippen LogP contribution in [0.1, 0.15) is 21.6 Å². The minimum Gasteiger partial charge on any atom is -0.338 e. The number of tetrazole rings is 1. The van der Waals surface area contributed by atoms with E-state index in [1.165, 1.54) is 26.9 Å². The molecule has 0 aliphatic carbocycles. The fourth-order valence-electron chi connectivity index (χ4n) is 3.58. The zero-order valence-electron chi connectivity index (χ0n) is 17.0. The maximum absolute atomic E-state index is 13.9. The molecule has 0 saturated carbocycles. The van der Waals surface area contributed by atoms with E-state index in [-0.39, 0.29) is 44.3 Å². The zero-order valence-corrected chi connectivity index (χ0v) is 17.0. The van der Waals surface area contributed by atoms with Gasteiger partial charge in [0.1, 0.15) is 12.9 Å². The van der Waals surface area contributed by atoms with Crippen LogP contribution in [0.4, 0.5) is 13.2 Å². The van der Waals surface area contributed by atoms with Crippen LogP contribution in [0.3, 0.4) is 0 Å². The minimum absolute atomic E-state index is 0.0532. The molecule has 1 saturated heterocycles. The molecular formula is C19H19F3N8O2. The first-order valence-corrected chi connectivity index (χ1v) is 9.74. The summed E-state index contributed by atoms with van der Waals surface area (Å²) in [5.74, 6) is -1.02. The third-order valence-corrected chi connectivity index (χ3v) is 5.22. The van der Waals surface area contributed by atoms with Gasteiger partial charge in [0.2, 0.25) is 5.91 Å². The average molecular weight is 448 g/mol. The summed E-state index contributed by atoms with van der Waals surface area (Å²) in [6.45, 7) is 2.21. The smallest absolute Gasteiger partial charge is 0.338 e. The molecule has 1 aliphatic heterocycles. The van der Waals surface area contributed by atoms with Gasteiger partial charge >= 0.3 is 6.18 Å². The summed E-state index contributed by atoms with van der Waals surface area (Å²) in [6.07, 6.45) is -2.53. The molecule has 13 heteroatoms. The third-order valence-electron chi connectivity index (χ3n) is 5.22. The van der Waals surface area contributed by atoms with Gasteiger partial charge in [0.25, 0.3) is 5.91 Å². The topological polar surface area (TPSA) is 102 Å². The molecule has 2 amide bonds. The maximum Gasteiger partial charge on any atom is 0.434 e. The van der Waals surface area contributed by atoms with Crippen LogP contribution in [0.25, 0.3) is 5.69 Å². The Balaban J connectivity index is 1.52. The standard InChI is InChI=1S/C19H19F3N8O2/c1-13-4-2-3-5-15(13)30-17(19(20,21)22)14(10-24-30)18(32)28-8-6-27(7-9-28)16(31)11-29-12-23-25-26-29/h2-5,10,12H,6-9,11H2,1H3. The van der Waals surface area contributed by atoms with E-state index in [2.05, 4.69) is 20.6 Å². The summed E-state index contributed by atoms with van der Waals surface area (Å²) in [5.41, 5.74) is -0.796. The van der Waals surface area contributed by atoms with E-state index >= 15 is 0 Å². The van der Waals surface area contributed by atoms with Gasteiger partial charge in [-0.05, 0) is 29.0 Å². The van der Waals surface area contributed by atoms with Crippen LogP contribution in [-0.4, -0.2) is 77.8 Å². The Bertz CT molecular complexity index is 1120. The summed E-state index contributed by atoms with van der Waals surface area (Å²) < 4.78 is 43.8. The van der Waals surface area contributed by atoms with Crippen molar-refractivity contribution in [1.29, 1.82) is 0 Å². The Kier molecular flexibility index (Phi) is 5.63. The zero-order chi connectivity index (χ0) is 22.9. The van der Waals surface area contributed by atoms with Gasteiger partial charge in [-0.25, -0.2) is 9.36 Å². The normalized spacial score (nSPS) is 14.6. The van der Waals surface area contributed by atoms with Gasteiger partial charge in [0.05, 0.1) is 17.4 Å². The highest BCUT2D eigenvalue weighted by molar-refractivity contribution is 5.95. The number of nitrogens with zero attached hydrogens (tertiary/aromatic N) is 8. The number of alkyl halides is 3.